The first-order valence-corrected chi connectivity index (χ1v) is 12.4. The number of pyridine rings is 1. The van der Waals surface area contributed by atoms with E-state index in [1.54, 1.807) is 18.2 Å². The van der Waals surface area contributed by atoms with Crippen LogP contribution in [0.3, 0.4) is 0 Å². The SMILES string of the molecule is CC(C)(C)Cc1ccc(-c2cc(-c3cc(C(C)(C)C)c4ccccc4c3)ncc2C(=O)C(F)(F)F)cc1. The summed E-state index contributed by atoms with van der Waals surface area (Å²) in [5.74, 6) is -1.89. The molecule has 3 aromatic carbocycles. The largest absolute Gasteiger partial charge is 0.454 e. The van der Waals surface area contributed by atoms with Crippen molar-refractivity contribution in [3.8, 4) is 22.4 Å². The third-order valence-electron chi connectivity index (χ3n) is 6.37. The van der Waals surface area contributed by atoms with Crippen LogP contribution in [0.5, 0.6) is 0 Å². The van der Waals surface area contributed by atoms with Crippen LogP contribution in [0, 0.1) is 5.41 Å². The quantitative estimate of drug-likeness (QED) is 0.260. The van der Waals surface area contributed by atoms with Gasteiger partial charge in [-0.1, -0.05) is 90.1 Å². The van der Waals surface area contributed by atoms with E-state index >= 15 is 0 Å². The molecule has 4 rings (SSSR count). The zero-order chi connectivity index (χ0) is 27.2. The number of Topliss-reactive ketones (excluding diaryl/α,β-unsaturated/α-hetero) is 1. The molecule has 0 atom stereocenters. The number of halogens is 3. The summed E-state index contributed by atoms with van der Waals surface area (Å²) >= 11 is 0. The lowest BCUT2D eigenvalue weighted by atomic mass is 9.82. The van der Waals surface area contributed by atoms with E-state index < -0.39 is 17.5 Å². The Labute approximate surface area is 216 Å². The highest BCUT2D eigenvalue weighted by atomic mass is 19.4. The van der Waals surface area contributed by atoms with Crippen molar-refractivity contribution in [2.75, 3.05) is 0 Å². The average Bonchev–Trinajstić information content (AvgIpc) is 2.81. The zero-order valence-corrected chi connectivity index (χ0v) is 22.1. The highest BCUT2D eigenvalue weighted by Crippen LogP contribution is 2.37. The molecule has 0 fully saturated rings. The zero-order valence-electron chi connectivity index (χ0n) is 22.1. The summed E-state index contributed by atoms with van der Waals surface area (Å²) in [5, 5.41) is 2.15. The van der Waals surface area contributed by atoms with Gasteiger partial charge in [-0.3, -0.25) is 9.78 Å². The third kappa shape index (κ3) is 5.93. The lowest BCUT2D eigenvalue weighted by Crippen LogP contribution is -2.23. The molecule has 0 saturated heterocycles. The van der Waals surface area contributed by atoms with Gasteiger partial charge in [0.2, 0.25) is 0 Å². The number of carbonyl (C=O) groups is 1. The molecule has 0 bridgehead atoms. The van der Waals surface area contributed by atoms with Crippen LogP contribution >= 0.6 is 0 Å². The number of hydrogen-bond acceptors (Lipinski definition) is 2. The van der Waals surface area contributed by atoms with E-state index in [0.29, 0.717) is 11.3 Å². The molecule has 1 heterocycles. The number of fused-ring (bicyclic) bond motifs is 1. The predicted molar refractivity (Wildman–Crippen MR) is 145 cm³/mol. The van der Waals surface area contributed by atoms with Crippen LogP contribution in [-0.4, -0.2) is 16.9 Å². The van der Waals surface area contributed by atoms with Crippen LogP contribution in [0.2, 0.25) is 0 Å². The summed E-state index contributed by atoms with van der Waals surface area (Å²) in [7, 11) is 0. The van der Waals surface area contributed by atoms with Crippen LogP contribution < -0.4 is 0 Å². The van der Waals surface area contributed by atoms with Gasteiger partial charge in [0.05, 0.1) is 11.3 Å². The molecule has 0 aliphatic heterocycles. The van der Waals surface area contributed by atoms with Gasteiger partial charge in [-0.05, 0) is 68.5 Å². The van der Waals surface area contributed by atoms with E-state index in [0.717, 1.165) is 40.1 Å². The maximum Gasteiger partial charge on any atom is 0.454 e. The second-order valence-corrected chi connectivity index (χ2v) is 11.9. The number of hydrogen-bond donors (Lipinski definition) is 0. The Morgan fingerprint density at radius 3 is 2.05 bits per heavy atom. The summed E-state index contributed by atoms with van der Waals surface area (Å²) < 4.78 is 40.5. The van der Waals surface area contributed by atoms with Gasteiger partial charge in [0, 0.05) is 11.8 Å². The molecule has 0 aliphatic carbocycles. The molecule has 2 nitrogen and oxygen atoms in total. The average molecular weight is 504 g/mol. The Bertz CT molecular complexity index is 1450. The topological polar surface area (TPSA) is 30.0 Å². The first-order chi connectivity index (χ1) is 17.1. The minimum absolute atomic E-state index is 0.0730. The molecule has 0 aliphatic rings. The van der Waals surface area contributed by atoms with Crippen molar-refractivity contribution < 1.29 is 18.0 Å². The Kier molecular flexibility index (Phi) is 6.78. The molecule has 0 spiro atoms. The second kappa shape index (κ2) is 9.44. The van der Waals surface area contributed by atoms with Crippen LogP contribution in [0.25, 0.3) is 33.2 Å². The van der Waals surface area contributed by atoms with Crippen molar-refractivity contribution in [3.05, 3.63) is 89.6 Å². The maximum absolute atomic E-state index is 13.5. The first-order valence-electron chi connectivity index (χ1n) is 12.4. The summed E-state index contributed by atoms with van der Waals surface area (Å²) in [6.45, 7) is 12.8. The molecule has 0 N–H and O–H groups in total. The summed E-state index contributed by atoms with van der Waals surface area (Å²) in [5.41, 5.74) is 3.74. The van der Waals surface area contributed by atoms with Crippen molar-refractivity contribution >= 4 is 16.6 Å². The van der Waals surface area contributed by atoms with Crippen LogP contribution in [0.15, 0.2) is 72.9 Å². The number of rotatable bonds is 4. The van der Waals surface area contributed by atoms with Crippen molar-refractivity contribution in [1.29, 1.82) is 0 Å². The summed E-state index contributed by atoms with van der Waals surface area (Å²) in [6.07, 6.45) is -3.10. The second-order valence-electron chi connectivity index (χ2n) is 11.9. The first kappa shape index (κ1) is 26.6. The minimum atomic E-state index is -4.99. The molecule has 5 heteroatoms. The smallest absolute Gasteiger partial charge is 0.284 e. The number of carbonyl (C=O) groups excluding carboxylic acids is 1. The molecule has 0 saturated carbocycles. The van der Waals surface area contributed by atoms with Crippen molar-refractivity contribution in [2.45, 2.75) is 59.6 Å². The Balaban J connectivity index is 1.90. The molecule has 0 unspecified atom stereocenters. The van der Waals surface area contributed by atoms with Gasteiger partial charge in [0.25, 0.3) is 5.78 Å². The lowest BCUT2D eigenvalue weighted by Gasteiger charge is -2.23. The van der Waals surface area contributed by atoms with E-state index in [9.17, 15) is 18.0 Å². The fourth-order valence-corrected chi connectivity index (χ4v) is 4.68. The number of benzene rings is 3. The van der Waals surface area contributed by atoms with Crippen molar-refractivity contribution in [1.82, 2.24) is 4.98 Å². The van der Waals surface area contributed by atoms with Gasteiger partial charge >= 0.3 is 6.18 Å². The molecular weight excluding hydrogens is 471 g/mol. The third-order valence-corrected chi connectivity index (χ3v) is 6.37. The van der Waals surface area contributed by atoms with Gasteiger partial charge in [-0.25, -0.2) is 0 Å². The van der Waals surface area contributed by atoms with Crippen LogP contribution in [0.1, 0.15) is 63.0 Å². The monoisotopic (exact) mass is 503 g/mol. The Morgan fingerprint density at radius 1 is 0.811 bits per heavy atom. The Morgan fingerprint density at radius 2 is 1.46 bits per heavy atom. The number of aromatic nitrogens is 1. The number of alkyl halides is 3. The van der Waals surface area contributed by atoms with Crippen LogP contribution in [0.4, 0.5) is 13.2 Å². The summed E-state index contributed by atoms with van der Waals surface area (Å²) in [4.78, 5) is 16.7. The Hall–Kier alpha value is -3.47. The molecule has 4 aromatic rings. The molecule has 37 heavy (non-hydrogen) atoms. The predicted octanol–water partition coefficient (Wildman–Crippen LogP) is 9.20. The summed E-state index contributed by atoms with van der Waals surface area (Å²) in [6, 6.07) is 21.1. The van der Waals surface area contributed by atoms with Gasteiger partial charge in [-0.2, -0.15) is 13.2 Å². The van der Waals surface area contributed by atoms with E-state index in [2.05, 4.69) is 52.6 Å². The number of ketones is 1. The maximum atomic E-state index is 13.5. The van der Waals surface area contributed by atoms with Crippen LogP contribution in [-0.2, 0) is 11.8 Å². The standard InChI is InChI=1S/C32H32F3NO/c1-30(2,3)18-20-11-13-21(14-12-20)25-17-28(36-19-26(25)29(37)32(33,34)35)23-15-22-9-7-8-10-24(22)27(16-23)31(4,5)6/h7-17,19H,18H2,1-6H3. The van der Waals surface area contributed by atoms with Gasteiger partial charge in [0.1, 0.15) is 0 Å². The highest BCUT2D eigenvalue weighted by molar-refractivity contribution is 6.06. The van der Waals surface area contributed by atoms with Crippen molar-refractivity contribution in [3.63, 3.8) is 0 Å². The van der Waals surface area contributed by atoms with Gasteiger partial charge < -0.3 is 0 Å². The van der Waals surface area contributed by atoms with Gasteiger partial charge in [0.15, 0.2) is 0 Å². The molecule has 1 aromatic heterocycles. The minimum Gasteiger partial charge on any atom is -0.284 e. The van der Waals surface area contributed by atoms with Crippen molar-refractivity contribution in [2.24, 2.45) is 5.41 Å². The fraction of sp³-hybridized carbons (Fsp3) is 0.312. The normalized spacial score (nSPS) is 12.7. The lowest BCUT2D eigenvalue weighted by molar-refractivity contribution is -0.0885. The van der Waals surface area contributed by atoms with E-state index in [-0.39, 0.29) is 16.4 Å². The number of nitrogens with zero attached hydrogens (tertiary/aromatic N) is 1. The van der Waals surface area contributed by atoms with E-state index in [4.69, 9.17) is 0 Å². The van der Waals surface area contributed by atoms with E-state index in [1.165, 1.54) is 0 Å². The molecular formula is C32H32F3NO. The molecule has 0 amide bonds. The molecule has 192 valence electrons. The molecule has 0 radical (unpaired) electrons. The van der Waals surface area contributed by atoms with E-state index in [1.807, 2.05) is 42.5 Å². The fourth-order valence-electron chi connectivity index (χ4n) is 4.68. The van der Waals surface area contributed by atoms with Gasteiger partial charge in [-0.15, -0.1) is 0 Å². The highest BCUT2D eigenvalue weighted by Gasteiger charge is 2.41.